The van der Waals surface area contributed by atoms with Gasteiger partial charge in [0.25, 0.3) is 0 Å². The Balaban J connectivity index is 1.82. The van der Waals surface area contributed by atoms with Crippen LogP contribution in [-0.2, 0) is 6.54 Å². The van der Waals surface area contributed by atoms with Crippen molar-refractivity contribution in [3.05, 3.63) is 26.6 Å². The van der Waals surface area contributed by atoms with Crippen LogP contribution >= 0.6 is 43.6 Å². The van der Waals surface area contributed by atoms with E-state index in [2.05, 4.69) is 48.9 Å². The molecule has 1 aromatic rings. The van der Waals surface area contributed by atoms with Gasteiger partial charge < -0.3 is 10.4 Å². The lowest BCUT2D eigenvalue weighted by molar-refractivity contribution is 0.447. The van der Waals surface area contributed by atoms with Crippen LogP contribution in [-0.4, -0.2) is 23.2 Å². The number of phenols is 1. The van der Waals surface area contributed by atoms with Crippen LogP contribution in [0.3, 0.4) is 0 Å². The Morgan fingerprint density at radius 2 is 1.83 bits per heavy atom. The molecule has 1 aliphatic rings. The van der Waals surface area contributed by atoms with Crippen LogP contribution in [0.25, 0.3) is 0 Å². The molecule has 1 fully saturated rings. The number of benzene rings is 1. The first kappa shape index (κ1) is 14.7. The fourth-order valence-corrected chi connectivity index (χ4v) is 4.58. The van der Waals surface area contributed by atoms with Crippen LogP contribution in [0.1, 0.15) is 18.4 Å². The van der Waals surface area contributed by atoms with Gasteiger partial charge in [-0.25, -0.2) is 0 Å². The van der Waals surface area contributed by atoms with Crippen molar-refractivity contribution in [2.75, 3.05) is 18.1 Å². The first-order valence-electron chi connectivity index (χ1n) is 6.12. The first-order valence-corrected chi connectivity index (χ1v) is 8.86. The molecule has 0 unspecified atom stereocenters. The van der Waals surface area contributed by atoms with Gasteiger partial charge in [-0.15, -0.1) is 0 Å². The molecule has 1 heterocycles. The van der Waals surface area contributed by atoms with E-state index in [9.17, 15) is 5.11 Å². The summed E-state index contributed by atoms with van der Waals surface area (Å²) in [6.07, 6.45) is 2.67. The van der Waals surface area contributed by atoms with Crippen molar-refractivity contribution in [1.29, 1.82) is 0 Å². The zero-order chi connectivity index (χ0) is 13.0. The van der Waals surface area contributed by atoms with Crippen LogP contribution < -0.4 is 5.32 Å². The average Bonchev–Trinajstić information content (AvgIpc) is 2.37. The molecule has 2 rings (SSSR count). The minimum absolute atomic E-state index is 0.267. The van der Waals surface area contributed by atoms with E-state index in [4.69, 9.17) is 0 Å². The van der Waals surface area contributed by atoms with E-state index in [0.717, 1.165) is 28.0 Å². The minimum atomic E-state index is 0.267. The lowest BCUT2D eigenvalue weighted by Crippen LogP contribution is -2.25. The minimum Gasteiger partial charge on any atom is -0.506 e. The van der Waals surface area contributed by atoms with E-state index in [-0.39, 0.29) is 5.75 Å². The van der Waals surface area contributed by atoms with E-state index in [1.165, 1.54) is 29.9 Å². The zero-order valence-corrected chi connectivity index (χ0v) is 14.1. The van der Waals surface area contributed by atoms with Gasteiger partial charge in [0.2, 0.25) is 0 Å². The fourth-order valence-electron chi connectivity index (χ4n) is 2.09. The van der Waals surface area contributed by atoms with Gasteiger partial charge in [-0.3, -0.25) is 0 Å². The molecule has 1 aliphatic heterocycles. The molecule has 0 saturated carbocycles. The van der Waals surface area contributed by atoms with Crippen LogP contribution in [0.4, 0.5) is 0 Å². The van der Waals surface area contributed by atoms with Crippen molar-refractivity contribution in [3.63, 3.8) is 0 Å². The lowest BCUT2D eigenvalue weighted by atomic mass is 10.0. The highest BCUT2D eigenvalue weighted by molar-refractivity contribution is 9.11. The summed E-state index contributed by atoms with van der Waals surface area (Å²) in [4.78, 5) is 0. The molecule has 2 nitrogen and oxygen atoms in total. The highest BCUT2D eigenvalue weighted by Crippen LogP contribution is 2.33. The normalized spacial score (nSPS) is 17.0. The van der Waals surface area contributed by atoms with E-state index in [1.807, 2.05) is 12.1 Å². The van der Waals surface area contributed by atoms with Crippen molar-refractivity contribution in [3.8, 4) is 5.75 Å². The molecule has 2 N–H and O–H groups in total. The Kier molecular flexibility index (Phi) is 5.86. The highest BCUT2D eigenvalue weighted by atomic mass is 79.9. The van der Waals surface area contributed by atoms with Crippen LogP contribution in [0, 0.1) is 5.92 Å². The van der Waals surface area contributed by atoms with Crippen molar-refractivity contribution < 1.29 is 5.11 Å². The Bertz CT molecular complexity index is 385. The van der Waals surface area contributed by atoms with Gasteiger partial charge >= 0.3 is 0 Å². The average molecular weight is 395 g/mol. The van der Waals surface area contributed by atoms with Crippen molar-refractivity contribution >= 4 is 43.6 Å². The van der Waals surface area contributed by atoms with Crippen LogP contribution in [0.15, 0.2) is 21.1 Å². The van der Waals surface area contributed by atoms with E-state index in [1.54, 1.807) is 0 Å². The molecular weight excluding hydrogens is 378 g/mol. The monoisotopic (exact) mass is 393 g/mol. The lowest BCUT2D eigenvalue weighted by Gasteiger charge is -2.21. The first-order chi connectivity index (χ1) is 8.66. The summed E-state index contributed by atoms with van der Waals surface area (Å²) in [5.41, 5.74) is 1.18. The summed E-state index contributed by atoms with van der Waals surface area (Å²) in [7, 11) is 0. The Morgan fingerprint density at radius 3 is 2.44 bits per heavy atom. The molecule has 18 heavy (non-hydrogen) atoms. The molecule has 100 valence electrons. The van der Waals surface area contributed by atoms with Gasteiger partial charge in [0.1, 0.15) is 5.75 Å². The molecule has 0 spiro atoms. The number of aromatic hydroxyl groups is 1. The molecule has 0 aliphatic carbocycles. The van der Waals surface area contributed by atoms with Crippen molar-refractivity contribution in [1.82, 2.24) is 5.32 Å². The second-order valence-electron chi connectivity index (χ2n) is 4.59. The molecular formula is C13H17Br2NOS. The van der Waals surface area contributed by atoms with Crippen LogP contribution in [0.5, 0.6) is 5.75 Å². The van der Waals surface area contributed by atoms with Gasteiger partial charge in [0.05, 0.1) is 8.95 Å². The number of halogens is 2. The van der Waals surface area contributed by atoms with E-state index in [0.29, 0.717) is 0 Å². The number of hydrogen-bond acceptors (Lipinski definition) is 3. The van der Waals surface area contributed by atoms with E-state index < -0.39 is 0 Å². The van der Waals surface area contributed by atoms with Gasteiger partial charge in [-0.05, 0) is 86.4 Å². The van der Waals surface area contributed by atoms with E-state index >= 15 is 0 Å². The maximum Gasteiger partial charge on any atom is 0.143 e. The quantitative estimate of drug-likeness (QED) is 0.804. The van der Waals surface area contributed by atoms with Crippen LogP contribution in [0.2, 0.25) is 0 Å². The Labute approximate surface area is 129 Å². The fraction of sp³-hybridized carbons (Fsp3) is 0.538. The summed E-state index contributed by atoms with van der Waals surface area (Å²) in [5, 5.41) is 13.2. The third-order valence-corrected chi connectivity index (χ3v) is 5.44. The Morgan fingerprint density at radius 1 is 1.22 bits per heavy atom. The molecule has 0 aromatic heterocycles. The topological polar surface area (TPSA) is 32.3 Å². The van der Waals surface area contributed by atoms with Crippen molar-refractivity contribution in [2.45, 2.75) is 19.4 Å². The molecule has 1 aromatic carbocycles. The highest BCUT2D eigenvalue weighted by Gasteiger charge is 2.13. The third kappa shape index (κ3) is 4.15. The predicted molar refractivity (Wildman–Crippen MR) is 85.3 cm³/mol. The number of rotatable bonds is 4. The summed E-state index contributed by atoms with van der Waals surface area (Å²) >= 11 is 8.78. The molecule has 1 saturated heterocycles. The molecule has 0 amide bonds. The SMILES string of the molecule is Oc1c(Br)cc(CNCC2CCSCC2)cc1Br. The number of hydrogen-bond donors (Lipinski definition) is 2. The van der Waals surface area contributed by atoms with Gasteiger partial charge in [-0.2, -0.15) is 11.8 Å². The summed E-state index contributed by atoms with van der Waals surface area (Å²) in [6, 6.07) is 3.92. The predicted octanol–water partition coefficient (Wildman–Crippen LogP) is 4.15. The summed E-state index contributed by atoms with van der Waals surface area (Å²) in [5.74, 6) is 3.71. The standard InChI is InChI=1S/C13H17Br2NOS/c14-11-5-10(6-12(15)13(11)17)8-16-7-9-1-3-18-4-2-9/h5-6,9,16-17H,1-4,7-8H2. The third-order valence-electron chi connectivity index (χ3n) is 3.18. The zero-order valence-electron chi connectivity index (χ0n) is 10.1. The number of phenolic OH excluding ortho intramolecular Hbond substituents is 1. The molecule has 0 bridgehead atoms. The van der Waals surface area contributed by atoms with Gasteiger partial charge in [0.15, 0.2) is 0 Å². The second-order valence-corrected chi connectivity index (χ2v) is 7.53. The maximum atomic E-state index is 9.64. The van der Waals surface area contributed by atoms with Gasteiger partial charge in [0, 0.05) is 6.54 Å². The molecule has 0 radical (unpaired) electrons. The van der Waals surface area contributed by atoms with Crippen molar-refractivity contribution in [2.24, 2.45) is 5.92 Å². The number of nitrogens with one attached hydrogen (secondary N) is 1. The largest absolute Gasteiger partial charge is 0.506 e. The molecule has 0 atom stereocenters. The maximum absolute atomic E-state index is 9.64. The van der Waals surface area contributed by atoms with Gasteiger partial charge in [-0.1, -0.05) is 0 Å². The summed E-state index contributed by atoms with van der Waals surface area (Å²) in [6.45, 7) is 1.94. The number of thioether (sulfide) groups is 1. The summed E-state index contributed by atoms with van der Waals surface area (Å²) < 4.78 is 1.48. The Hall–Kier alpha value is 0.290. The second kappa shape index (κ2) is 7.17. The smallest absolute Gasteiger partial charge is 0.143 e. The molecule has 5 heteroatoms.